The van der Waals surface area contributed by atoms with Crippen LogP contribution in [0.4, 0.5) is 13.2 Å². The molecule has 1 N–H and O–H groups in total. The van der Waals surface area contributed by atoms with Gasteiger partial charge in [0, 0.05) is 6.21 Å². The Morgan fingerprint density at radius 1 is 1.13 bits per heavy atom. The van der Waals surface area contributed by atoms with Crippen LogP contribution in [0.25, 0.3) is 0 Å². The van der Waals surface area contributed by atoms with E-state index in [4.69, 9.17) is 5.41 Å². The van der Waals surface area contributed by atoms with Crippen LogP contribution in [0.3, 0.4) is 0 Å². The lowest BCUT2D eigenvalue weighted by Crippen LogP contribution is -2.23. The molecule has 0 saturated heterocycles. The second-order valence-corrected chi connectivity index (χ2v) is 4.60. The van der Waals surface area contributed by atoms with E-state index in [0.717, 1.165) is 30.5 Å². The number of alkyl halides is 3. The minimum Gasteiger partial charge on any atom is -0.308 e. The van der Waals surface area contributed by atoms with Crippen LogP contribution in [0.15, 0.2) is 29.2 Å². The van der Waals surface area contributed by atoms with Crippen molar-refractivity contribution in [3.05, 3.63) is 29.8 Å². The molecule has 0 amide bonds. The third-order valence-electron chi connectivity index (χ3n) is 1.66. The molecule has 3 nitrogen and oxygen atoms in total. The number of hydrogen-bond donors (Lipinski definition) is 1. The predicted molar refractivity (Wildman–Crippen MR) is 47.6 cm³/mol. The zero-order chi connectivity index (χ0) is 11.7. The van der Waals surface area contributed by atoms with Crippen molar-refractivity contribution in [2.24, 2.45) is 0 Å². The molecule has 82 valence electrons. The van der Waals surface area contributed by atoms with Crippen LogP contribution in [-0.2, 0) is 9.84 Å². The van der Waals surface area contributed by atoms with Crippen molar-refractivity contribution in [3.63, 3.8) is 0 Å². The second-order valence-electron chi connectivity index (χ2n) is 2.66. The first-order valence-electron chi connectivity index (χ1n) is 3.71. The van der Waals surface area contributed by atoms with Crippen molar-refractivity contribution in [3.8, 4) is 0 Å². The third kappa shape index (κ3) is 2.17. The molecule has 0 unspecified atom stereocenters. The molecule has 7 heteroatoms. The number of rotatable bonds is 2. The van der Waals surface area contributed by atoms with Gasteiger partial charge >= 0.3 is 5.51 Å². The molecule has 0 aliphatic rings. The Morgan fingerprint density at radius 2 is 1.60 bits per heavy atom. The summed E-state index contributed by atoms with van der Waals surface area (Å²) in [4.78, 5) is -0.819. The predicted octanol–water partition coefficient (Wildman–Crippen LogP) is 1.98. The van der Waals surface area contributed by atoms with Gasteiger partial charge in [-0.3, -0.25) is 0 Å². The van der Waals surface area contributed by atoms with Crippen molar-refractivity contribution >= 4 is 16.1 Å². The van der Waals surface area contributed by atoms with Crippen LogP contribution in [0.2, 0.25) is 0 Å². The van der Waals surface area contributed by atoms with Gasteiger partial charge in [-0.1, -0.05) is 12.1 Å². The van der Waals surface area contributed by atoms with E-state index >= 15 is 0 Å². The van der Waals surface area contributed by atoms with Crippen molar-refractivity contribution < 1.29 is 21.6 Å². The molecule has 0 radical (unpaired) electrons. The first-order chi connectivity index (χ1) is 6.79. The van der Waals surface area contributed by atoms with Gasteiger partial charge in [0.2, 0.25) is 0 Å². The van der Waals surface area contributed by atoms with Gasteiger partial charge < -0.3 is 5.41 Å². The van der Waals surface area contributed by atoms with E-state index in [9.17, 15) is 21.6 Å². The van der Waals surface area contributed by atoms with Gasteiger partial charge in [0.1, 0.15) is 0 Å². The molecule has 0 spiro atoms. The standard InChI is InChI=1S/C8H6F3NO2S/c9-8(10,11)15(13,14)7-3-1-6(5-12)2-4-7/h1-5,12H. The Hall–Kier alpha value is -1.37. The minimum absolute atomic E-state index is 0.330. The molecule has 0 saturated carbocycles. The van der Waals surface area contributed by atoms with Crippen molar-refractivity contribution in [1.82, 2.24) is 0 Å². The molecule has 15 heavy (non-hydrogen) atoms. The molecular weight excluding hydrogens is 231 g/mol. The second kappa shape index (κ2) is 3.65. The highest BCUT2D eigenvalue weighted by Crippen LogP contribution is 2.29. The Bertz CT molecular complexity index is 462. The summed E-state index contributed by atoms with van der Waals surface area (Å²) < 4.78 is 57.9. The maximum Gasteiger partial charge on any atom is 0.501 e. The summed E-state index contributed by atoms with van der Waals surface area (Å²) in [6.45, 7) is 0. The lowest BCUT2D eigenvalue weighted by molar-refractivity contribution is -0.0436. The molecular formula is C8H6F3NO2S. The summed E-state index contributed by atoms with van der Waals surface area (Å²) in [5, 5.41) is 6.80. The number of hydrogen-bond acceptors (Lipinski definition) is 3. The summed E-state index contributed by atoms with van der Waals surface area (Å²) in [6.07, 6.45) is 0.907. The molecule has 0 bridgehead atoms. The summed E-state index contributed by atoms with van der Waals surface area (Å²) >= 11 is 0. The van der Waals surface area contributed by atoms with E-state index in [0.29, 0.717) is 5.56 Å². The zero-order valence-corrected chi connectivity index (χ0v) is 8.06. The van der Waals surface area contributed by atoms with Crippen molar-refractivity contribution in [2.45, 2.75) is 10.4 Å². The van der Waals surface area contributed by atoms with E-state index in [-0.39, 0.29) is 0 Å². The quantitative estimate of drug-likeness (QED) is 0.799. The van der Waals surface area contributed by atoms with E-state index < -0.39 is 20.2 Å². The molecule has 1 rings (SSSR count). The Kier molecular flexibility index (Phi) is 2.85. The number of sulfone groups is 1. The molecule has 0 fully saturated rings. The fraction of sp³-hybridized carbons (Fsp3) is 0.125. The Labute approximate surface area is 84.0 Å². The van der Waals surface area contributed by atoms with E-state index in [1.807, 2.05) is 0 Å². The normalized spacial score (nSPS) is 12.5. The van der Waals surface area contributed by atoms with Gasteiger partial charge in [0.25, 0.3) is 9.84 Å². The SMILES string of the molecule is N=Cc1ccc(S(=O)(=O)C(F)(F)F)cc1. The average Bonchev–Trinajstić information content (AvgIpc) is 2.16. The van der Waals surface area contributed by atoms with Gasteiger partial charge in [-0.25, -0.2) is 8.42 Å². The highest BCUT2D eigenvalue weighted by molar-refractivity contribution is 7.92. The molecule has 0 aliphatic carbocycles. The van der Waals surface area contributed by atoms with Gasteiger partial charge in [-0.05, 0) is 17.7 Å². The summed E-state index contributed by atoms with van der Waals surface area (Å²) in [6, 6.07) is 3.91. The van der Waals surface area contributed by atoms with Crippen LogP contribution < -0.4 is 0 Å². The monoisotopic (exact) mass is 237 g/mol. The average molecular weight is 237 g/mol. The van der Waals surface area contributed by atoms with Gasteiger partial charge in [0.15, 0.2) is 0 Å². The van der Waals surface area contributed by atoms with Gasteiger partial charge in [-0.2, -0.15) is 13.2 Å². The van der Waals surface area contributed by atoms with E-state index in [2.05, 4.69) is 0 Å². The first kappa shape index (κ1) is 11.7. The molecule has 1 aromatic carbocycles. The largest absolute Gasteiger partial charge is 0.501 e. The minimum atomic E-state index is -5.29. The maximum absolute atomic E-state index is 12.1. The van der Waals surface area contributed by atoms with Crippen molar-refractivity contribution in [2.75, 3.05) is 0 Å². The van der Waals surface area contributed by atoms with Gasteiger partial charge in [-0.15, -0.1) is 0 Å². The van der Waals surface area contributed by atoms with Crippen LogP contribution >= 0.6 is 0 Å². The Balaban J connectivity index is 3.24. The number of halogens is 3. The zero-order valence-electron chi connectivity index (χ0n) is 7.25. The first-order valence-corrected chi connectivity index (χ1v) is 5.19. The Morgan fingerprint density at radius 3 is 1.93 bits per heavy atom. The van der Waals surface area contributed by atoms with Crippen LogP contribution in [0.5, 0.6) is 0 Å². The summed E-state index contributed by atoms with van der Waals surface area (Å²) in [7, 11) is -5.28. The summed E-state index contributed by atoms with van der Waals surface area (Å²) in [5.74, 6) is 0. The molecule has 0 heterocycles. The lowest BCUT2D eigenvalue weighted by atomic mass is 10.2. The van der Waals surface area contributed by atoms with Gasteiger partial charge in [0.05, 0.1) is 4.90 Å². The van der Waals surface area contributed by atoms with Crippen molar-refractivity contribution in [1.29, 1.82) is 5.41 Å². The summed E-state index contributed by atoms with van der Waals surface area (Å²) in [5.41, 5.74) is -4.96. The molecule has 1 aromatic rings. The number of benzene rings is 1. The molecule has 0 aliphatic heterocycles. The lowest BCUT2D eigenvalue weighted by Gasteiger charge is -2.07. The maximum atomic E-state index is 12.1. The highest BCUT2D eigenvalue weighted by atomic mass is 32.2. The van der Waals surface area contributed by atoms with Crippen LogP contribution in [0, 0.1) is 5.41 Å². The number of nitrogens with one attached hydrogen (secondary N) is 1. The fourth-order valence-corrected chi connectivity index (χ4v) is 1.64. The van der Waals surface area contributed by atoms with Crippen LogP contribution in [-0.4, -0.2) is 20.1 Å². The van der Waals surface area contributed by atoms with Crippen LogP contribution in [0.1, 0.15) is 5.56 Å². The third-order valence-corrected chi connectivity index (χ3v) is 3.16. The smallest absolute Gasteiger partial charge is 0.308 e. The highest BCUT2D eigenvalue weighted by Gasteiger charge is 2.46. The topological polar surface area (TPSA) is 58.0 Å². The fourth-order valence-electron chi connectivity index (χ4n) is 0.877. The van der Waals surface area contributed by atoms with E-state index in [1.165, 1.54) is 0 Å². The van der Waals surface area contributed by atoms with E-state index in [1.54, 1.807) is 0 Å². The molecule has 0 atom stereocenters. The molecule has 0 aromatic heterocycles.